The summed E-state index contributed by atoms with van der Waals surface area (Å²) in [5.41, 5.74) is 3.00. The van der Waals surface area contributed by atoms with Crippen LogP contribution in [0, 0.1) is 5.92 Å². The topological polar surface area (TPSA) is 24.4 Å². The number of rotatable bonds is 2. The van der Waals surface area contributed by atoms with Crippen molar-refractivity contribution in [2.24, 2.45) is 10.9 Å². The van der Waals surface area contributed by atoms with E-state index in [1.54, 1.807) is 0 Å². The molecule has 2 nitrogen and oxygen atoms in total. The van der Waals surface area contributed by atoms with Crippen molar-refractivity contribution in [3.05, 3.63) is 35.4 Å². The van der Waals surface area contributed by atoms with Gasteiger partial charge in [0.05, 0.1) is 6.04 Å². The van der Waals surface area contributed by atoms with Crippen molar-refractivity contribution in [3.63, 3.8) is 0 Å². The van der Waals surface area contributed by atoms with Crippen LogP contribution in [0.25, 0.3) is 0 Å². The maximum absolute atomic E-state index is 4.88. The highest BCUT2D eigenvalue weighted by Gasteiger charge is 2.24. The van der Waals surface area contributed by atoms with E-state index in [0.29, 0.717) is 18.0 Å². The Balaban J connectivity index is 1.64. The third-order valence-corrected chi connectivity index (χ3v) is 5.02. The Labute approximate surface area is 120 Å². The molecule has 1 aromatic rings. The summed E-state index contributed by atoms with van der Waals surface area (Å²) >= 11 is 1.89. The highest BCUT2D eigenvalue weighted by molar-refractivity contribution is 8.13. The van der Waals surface area contributed by atoms with Gasteiger partial charge in [-0.25, -0.2) is 0 Å². The van der Waals surface area contributed by atoms with Crippen molar-refractivity contribution < 1.29 is 0 Å². The van der Waals surface area contributed by atoms with Gasteiger partial charge < -0.3 is 5.32 Å². The van der Waals surface area contributed by atoms with Crippen LogP contribution in [0.3, 0.4) is 0 Å². The van der Waals surface area contributed by atoms with Crippen LogP contribution in [0.1, 0.15) is 31.4 Å². The molecular weight excluding hydrogens is 252 g/mol. The Hall–Kier alpha value is -0.960. The number of hydrogen-bond donors (Lipinski definition) is 1. The molecule has 1 aliphatic heterocycles. The molecule has 3 rings (SSSR count). The molecule has 0 saturated carbocycles. The maximum atomic E-state index is 4.88. The van der Waals surface area contributed by atoms with Gasteiger partial charge >= 0.3 is 0 Å². The van der Waals surface area contributed by atoms with Crippen LogP contribution in [-0.2, 0) is 12.8 Å². The summed E-state index contributed by atoms with van der Waals surface area (Å²) in [6.45, 7) is 4.54. The van der Waals surface area contributed by atoms with Gasteiger partial charge in [0.2, 0.25) is 0 Å². The third-order valence-electron chi connectivity index (χ3n) is 4.08. The molecule has 3 heteroatoms. The predicted octanol–water partition coefficient (Wildman–Crippen LogP) is 3.26. The Bertz CT molecular complexity index is 456. The first-order valence-electron chi connectivity index (χ1n) is 7.26. The molecule has 0 radical (unpaired) electrons. The van der Waals surface area contributed by atoms with E-state index in [9.17, 15) is 0 Å². The Morgan fingerprint density at radius 2 is 1.89 bits per heavy atom. The van der Waals surface area contributed by atoms with Crippen molar-refractivity contribution in [2.45, 2.75) is 45.2 Å². The number of thioether (sulfide) groups is 1. The summed E-state index contributed by atoms with van der Waals surface area (Å²) in [5, 5.41) is 4.83. The summed E-state index contributed by atoms with van der Waals surface area (Å²) in [6, 6.07) is 9.83. The lowest BCUT2D eigenvalue weighted by molar-refractivity contribution is 0.481. The Morgan fingerprint density at radius 1 is 1.21 bits per heavy atom. The first kappa shape index (κ1) is 13.0. The van der Waals surface area contributed by atoms with E-state index in [1.165, 1.54) is 28.5 Å². The lowest BCUT2D eigenvalue weighted by Crippen LogP contribution is -2.37. The minimum atomic E-state index is 0.507. The second kappa shape index (κ2) is 5.58. The molecule has 102 valence electrons. The lowest BCUT2D eigenvalue weighted by Gasteiger charge is -2.25. The van der Waals surface area contributed by atoms with Crippen molar-refractivity contribution in [2.75, 3.05) is 5.75 Å². The van der Waals surface area contributed by atoms with Gasteiger partial charge in [0.1, 0.15) is 0 Å². The molecular formula is C16H22N2S. The molecule has 1 aromatic carbocycles. The summed E-state index contributed by atoms with van der Waals surface area (Å²) in [7, 11) is 0. The molecule has 0 saturated heterocycles. The minimum absolute atomic E-state index is 0.507. The molecule has 0 spiro atoms. The molecule has 0 aromatic heterocycles. The summed E-state index contributed by atoms with van der Waals surface area (Å²) in [5.74, 6) is 1.85. The Kier molecular flexibility index (Phi) is 3.83. The van der Waals surface area contributed by atoms with Crippen LogP contribution >= 0.6 is 11.8 Å². The van der Waals surface area contributed by atoms with Crippen molar-refractivity contribution in [1.82, 2.24) is 5.32 Å². The van der Waals surface area contributed by atoms with Gasteiger partial charge in [0.25, 0.3) is 0 Å². The fourth-order valence-electron chi connectivity index (χ4n) is 2.93. The number of nitrogens with zero attached hydrogens (tertiary/aromatic N) is 1. The van der Waals surface area contributed by atoms with E-state index in [0.717, 1.165) is 12.8 Å². The smallest absolute Gasteiger partial charge is 0.157 e. The SMILES string of the molecule is CC(C)C1CCSC(NC2Cc3ccccc3C2)=N1. The lowest BCUT2D eigenvalue weighted by atomic mass is 10.0. The van der Waals surface area contributed by atoms with Crippen molar-refractivity contribution >= 4 is 16.9 Å². The number of fused-ring (bicyclic) bond motifs is 1. The summed E-state index contributed by atoms with van der Waals surface area (Å²) in [6.07, 6.45) is 3.50. The molecule has 1 N–H and O–H groups in total. The zero-order valence-corrected chi connectivity index (χ0v) is 12.5. The molecule has 2 aliphatic rings. The van der Waals surface area contributed by atoms with Crippen LogP contribution in [0.15, 0.2) is 29.3 Å². The second-order valence-corrected chi connectivity index (χ2v) is 6.98. The zero-order valence-electron chi connectivity index (χ0n) is 11.7. The van der Waals surface area contributed by atoms with Gasteiger partial charge in [-0.2, -0.15) is 0 Å². The van der Waals surface area contributed by atoms with Gasteiger partial charge in [-0.1, -0.05) is 49.9 Å². The normalized spacial score (nSPS) is 23.3. The van der Waals surface area contributed by atoms with Gasteiger partial charge in [0, 0.05) is 11.8 Å². The van der Waals surface area contributed by atoms with Crippen molar-refractivity contribution in [3.8, 4) is 0 Å². The fraction of sp³-hybridized carbons (Fsp3) is 0.562. The third kappa shape index (κ3) is 2.97. The highest BCUT2D eigenvalue weighted by Crippen LogP contribution is 2.25. The molecule has 1 unspecified atom stereocenters. The Morgan fingerprint density at radius 3 is 2.53 bits per heavy atom. The fourth-order valence-corrected chi connectivity index (χ4v) is 3.94. The molecule has 1 atom stereocenters. The largest absolute Gasteiger partial charge is 0.362 e. The average Bonchev–Trinajstić information content (AvgIpc) is 2.81. The highest BCUT2D eigenvalue weighted by atomic mass is 32.2. The number of nitrogens with one attached hydrogen (secondary N) is 1. The van der Waals surface area contributed by atoms with Gasteiger partial charge in [-0.15, -0.1) is 0 Å². The number of benzene rings is 1. The predicted molar refractivity (Wildman–Crippen MR) is 83.9 cm³/mol. The van der Waals surface area contributed by atoms with E-state index in [4.69, 9.17) is 4.99 Å². The second-order valence-electron chi connectivity index (χ2n) is 5.90. The number of aliphatic imine (C=N–C) groups is 1. The van der Waals surface area contributed by atoms with Gasteiger partial charge in [0.15, 0.2) is 5.17 Å². The zero-order chi connectivity index (χ0) is 13.2. The van der Waals surface area contributed by atoms with E-state index < -0.39 is 0 Å². The molecule has 0 fully saturated rings. The van der Waals surface area contributed by atoms with E-state index in [-0.39, 0.29) is 0 Å². The minimum Gasteiger partial charge on any atom is -0.362 e. The first-order chi connectivity index (χ1) is 9.22. The summed E-state index contributed by atoms with van der Waals surface area (Å²) < 4.78 is 0. The average molecular weight is 274 g/mol. The van der Waals surface area contributed by atoms with Crippen molar-refractivity contribution in [1.29, 1.82) is 0 Å². The summed E-state index contributed by atoms with van der Waals surface area (Å²) in [4.78, 5) is 4.88. The maximum Gasteiger partial charge on any atom is 0.157 e. The standard InChI is InChI=1S/C16H22N2S/c1-11(2)15-7-8-19-16(18-15)17-14-9-12-5-3-4-6-13(12)10-14/h3-6,11,14-15H,7-10H2,1-2H3,(H,17,18). The van der Waals surface area contributed by atoms with Crippen LogP contribution in [0.4, 0.5) is 0 Å². The molecule has 19 heavy (non-hydrogen) atoms. The molecule has 0 bridgehead atoms. The van der Waals surface area contributed by atoms with Crippen LogP contribution < -0.4 is 5.32 Å². The van der Waals surface area contributed by atoms with Gasteiger partial charge in [-0.3, -0.25) is 4.99 Å². The van der Waals surface area contributed by atoms with Crippen LogP contribution in [-0.4, -0.2) is 23.0 Å². The monoisotopic (exact) mass is 274 g/mol. The first-order valence-corrected chi connectivity index (χ1v) is 8.25. The number of amidine groups is 1. The van der Waals surface area contributed by atoms with E-state index >= 15 is 0 Å². The quantitative estimate of drug-likeness (QED) is 0.895. The van der Waals surface area contributed by atoms with E-state index in [2.05, 4.69) is 43.4 Å². The van der Waals surface area contributed by atoms with Gasteiger partial charge in [-0.05, 0) is 36.3 Å². The van der Waals surface area contributed by atoms with Crippen LogP contribution in [0.2, 0.25) is 0 Å². The number of hydrogen-bond acceptors (Lipinski definition) is 3. The molecule has 1 heterocycles. The van der Waals surface area contributed by atoms with Crippen LogP contribution in [0.5, 0.6) is 0 Å². The van der Waals surface area contributed by atoms with E-state index in [1.807, 2.05) is 11.8 Å². The molecule has 0 amide bonds. The molecule has 1 aliphatic carbocycles.